The maximum atomic E-state index is 12.1. The van der Waals surface area contributed by atoms with E-state index in [0.717, 1.165) is 11.6 Å². The summed E-state index contributed by atoms with van der Waals surface area (Å²) in [6.07, 6.45) is 0.192. The molecule has 1 N–H and O–H groups in total. The predicted molar refractivity (Wildman–Crippen MR) is 97.5 cm³/mol. The standard InChI is InChI=1S/C19H18N2O7/c1-27-19(24)15(11-13-7-3-2-4-8-13)20-17(22)12-28-18(23)14-9-5-6-10-16(14)21(25)26/h2-10,15H,11-12H2,1H3,(H,20,22)/t15-/m0/s1. The zero-order valence-corrected chi connectivity index (χ0v) is 15.0. The van der Waals surface area contributed by atoms with Crippen LogP contribution in [0.2, 0.25) is 0 Å². The monoisotopic (exact) mass is 386 g/mol. The number of para-hydroxylation sites is 1. The van der Waals surface area contributed by atoms with E-state index in [9.17, 15) is 24.5 Å². The van der Waals surface area contributed by atoms with Crippen LogP contribution in [-0.2, 0) is 25.5 Å². The van der Waals surface area contributed by atoms with E-state index in [2.05, 4.69) is 10.1 Å². The normalized spacial score (nSPS) is 11.2. The summed E-state index contributed by atoms with van der Waals surface area (Å²) < 4.78 is 9.52. The number of hydrogen-bond donors (Lipinski definition) is 1. The van der Waals surface area contributed by atoms with Crippen LogP contribution in [0.5, 0.6) is 0 Å². The van der Waals surface area contributed by atoms with Gasteiger partial charge in [0.15, 0.2) is 6.61 Å². The molecule has 9 heteroatoms. The number of carbonyl (C=O) groups excluding carboxylic acids is 3. The van der Waals surface area contributed by atoms with Crippen molar-refractivity contribution in [3.8, 4) is 0 Å². The maximum Gasteiger partial charge on any atom is 0.345 e. The molecule has 0 fully saturated rings. The van der Waals surface area contributed by atoms with Gasteiger partial charge >= 0.3 is 11.9 Å². The lowest BCUT2D eigenvalue weighted by atomic mass is 10.1. The van der Waals surface area contributed by atoms with Gasteiger partial charge in [0.2, 0.25) is 0 Å². The molecule has 2 aromatic rings. The summed E-state index contributed by atoms with van der Waals surface area (Å²) in [6, 6.07) is 13.2. The lowest BCUT2D eigenvalue weighted by molar-refractivity contribution is -0.385. The smallest absolute Gasteiger partial charge is 0.345 e. The Balaban J connectivity index is 1.98. The number of hydrogen-bond acceptors (Lipinski definition) is 7. The highest BCUT2D eigenvalue weighted by Gasteiger charge is 2.24. The SMILES string of the molecule is COC(=O)[C@H](Cc1ccccc1)NC(=O)COC(=O)c1ccccc1[N+](=O)[O-]. The molecule has 1 atom stereocenters. The highest BCUT2D eigenvalue weighted by Crippen LogP contribution is 2.18. The Morgan fingerprint density at radius 1 is 1.07 bits per heavy atom. The van der Waals surface area contributed by atoms with Crippen LogP contribution in [0.15, 0.2) is 54.6 Å². The van der Waals surface area contributed by atoms with Gasteiger partial charge in [-0.2, -0.15) is 0 Å². The summed E-state index contributed by atoms with van der Waals surface area (Å²) in [5.41, 5.74) is 0.105. The first-order valence-corrected chi connectivity index (χ1v) is 8.24. The quantitative estimate of drug-likeness (QED) is 0.415. The van der Waals surface area contributed by atoms with Crippen molar-refractivity contribution >= 4 is 23.5 Å². The Hall–Kier alpha value is -3.75. The van der Waals surface area contributed by atoms with E-state index < -0.39 is 41.1 Å². The van der Waals surface area contributed by atoms with E-state index in [0.29, 0.717) is 0 Å². The molecule has 0 spiro atoms. The van der Waals surface area contributed by atoms with Crippen molar-refractivity contribution in [2.24, 2.45) is 0 Å². The van der Waals surface area contributed by atoms with Gasteiger partial charge in [-0.15, -0.1) is 0 Å². The molecule has 0 heterocycles. The fourth-order valence-electron chi connectivity index (χ4n) is 2.44. The Morgan fingerprint density at radius 2 is 1.71 bits per heavy atom. The summed E-state index contributed by atoms with van der Waals surface area (Å²) >= 11 is 0. The third-order valence-electron chi connectivity index (χ3n) is 3.76. The lowest BCUT2D eigenvalue weighted by Crippen LogP contribution is -2.44. The van der Waals surface area contributed by atoms with Crippen molar-refractivity contribution in [2.45, 2.75) is 12.5 Å². The fraction of sp³-hybridized carbons (Fsp3) is 0.211. The summed E-state index contributed by atoms with van der Waals surface area (Å²) in [5, 5.41) is 13.4. The van der Waals surface area contributed by atoms with Crippen LogP contribution < -0.4 is 5.32 Å². The molecule has 0 unspecified atom stereocenters. The van der Waals surface area contributed by atoms with Crippen molar-refractivity contribution < 1.29 is 28.8 Å². The number of nitrogens with zero attached hydrogens (tertiary/aromatic N) is 1. The predicted octanol–water partition coefficient (Wildman–Crippen LogP) is 1.65. The molecular weight excluding hydrogens is 368 g/mol. The molecule has 0 bridgehead atoms. The number of ether oxygens (including phenoxy) is 2. The third-order valence-corrected chi connectivity index (χ3v) is 3.76. The molecular formula is C19H18N2O7. The van der Waals surface area contributed by atoms with E-state index in [4.69, 9.17) is 4.74 Å². The van der Waals surface area contributed by atoms with Gasteiger partial charge in [0.25, 0.3) is 11.6 Å². The third kappa shape index (κ3) is 5.63. The van der Waals surface area contributed by atoms with Gasteiger partial charge in [0.05, 0.1) is 12.0 Å². The van der Waals surface area contributed by atoms with Crippen molar-refractivity contribution in [1.29, 1.82) is 0 Å². The molecule has 0 saturated heterocycles. The largest absolute Gasteiger partial charge is 0.467 e. The fourth-order valence-corrected chi connectivity index (χ4v) is 2.44. The maximum absolute atomic E-state index is 12.1. The molecule has 0 aliphatic rings. The lowest BCUT2D eigenvalue weighted by Gasteiger charge is -2.16. The average molecular weight is 386 g/mol. The summed E-state index contributed by atoms with van der Waals surface area (Å²) in [7, 11) is 1.20. The Kier molecular flexibility index (Phi) is 7.21. The highest BCUT2D eigenvalue weighted by atomic mass is 16.6. The molecule has 0 aliphatic heterocycles. The van der Waals surface area contributed by atoms with Crippen molar-refractivity contribution in [3.05, 3.63) is 75.8 Å². The van der Waals surface area contributed by atoms with Crippen LogP contribution in [0.4, 0.5) is 5.69 Å². The van der Waals surface area contributed by atoms with Crippen LogP contribution in [0, 0.1) is 10.1 Å². The highest BCUT2D eigenvalue weighted by molar-refractivity contribution is 5.95. The zero-order valence-electron chi connectivity index (χ0n) is 15.0. The van der Waals surface area contributed by atoms with Gasteiger partial charge in [0.1, 0.15) is 11.6 Å². The van der Waals surface area contributed by atoms with Gasteiger partial charge in [-0.05, 0) is 11.6 Å². The number of nitrogens with one attached hydrogen (secondary N) is 1. The number of esters is 2. The molecule has 0 saturated carbocycles. The Labute approximate surface area is 160 Å². The van der Waals surface area contributed by atoms with Gasteiger partial charge in [0, 0.05) is 12.5 Å². The van der Waals surface area contributed by atoms with Gasteiger partial charge in [-0.3, -0.25) is 14.9 Å². The minimum atomic E-state index is -1.01. The second kappa shape index (κ2) is 9.81. The number of methoxy groups -OCH3 is 1. The van der Waals surface area contributed by atoms with E-state index in [1.165, 1.54) is 25.3 Å². The number of amides is 1. The Morgan fingerprint density at radius 3 is 2.36 bits per heavy atom. The molecule has 28 heavy (non-hydrogen) atoms. The van der Waals surface area contributed by atoms with Crippen molar-refractivity contribution in [3.63, 3.8) is 0 Å². The second-order valence-corrected chi connectivity index (χ2v) is 5.68. The van der Waals surface area contributed by atoms with Crippen LogP contribution >= 0.6 is 0 Å². The summed E-state index contributed by atoms with van der Waals surface area (Å²) in [6.45, 7) is -0.701. The number of carbonyl (C=O) groups is 3. The first-order valence-electron chi connectivity index (χ1n) is 8.24. The number of rotatable bonds is 8. The molecule has 9 nitrogen and oxygen atoms in total. The number of benzene rings is 2. The Bertz CT molecular complexity index is 868. The van der Waals surface area contributed by atoms with Gasteiger partial charge in [-0.25, -0.2) is 9.59 Å². The molecule has 0 radical (unpaired) electrons. The molecule has 2 aromatic carbocycles. The molecule has 2 rings (SSSR count). The van der Waals surface area contributed by atoms with Crippen molar-refractivity contribution in [1.82, 2.24) is 5.32 Å². The van der Waals surface area contributed by atoms with Crippen LogP contribution in [0.25, 0.3) is 0 Å². The van der Waals surface area contributed by atoms with Gasteiger partial charge < -0.3 is 14.8 Å². The average Bonchev–Trinajstić information content (AvgIpc) is 2.71. The van der Waals surface area contributed by atoms with Crippen LogP contribution in [0.1, 0.15) is 15.9 Å². The first-order chi connectivity index (χ1) is 13.4. The second-order valence-electron chi connectivity index (χ2n) is 5.68. The zero-order chi connectivity index (χ0) is 20.5. The minimum absolute atomic E-state index is 0.192. The van der Waals surface area contributed by atoms with Crippen molar-refractivity contribution in [2.75, 3.05) is 13.7 Å². The minimum Gasteiger partial charge on any atom is -0.467 e. The van der Waals surface area contributed by atoms with E-state index in [1.54, 1.807) is 24.3 Å². The van der Waals surface area contributed by atoms with Crippen LogP contribution in [0.3, 0.4) is 0 Å². The molecule has 0 aliphatic carbocycles. The van der Waals surface area contributed by atoms with E-state index in [-0.39, 0.29) is 12.0 Å². The van der Waals surface area contributed by atoms with E-state index in [1.807, 2.05) is 6.07 Å². The topological polar surface area (TPSA) is 125 Å². The van der Waals surface area contributed by atoms with Crippen LogP contribution in [-0.4, -0.2) is 42.5 Å². The number of nitro benzene ring substituents is 1. The molecule has 1 amide bonds. The summed E-state index contributed by atoms with van der Waals surface area (Å²) in [4.78, 5) is 46.3. The van der Waals surface area contributed by atoms with Gasteiger partial charge in [-0.1, -0.05) is 42.5 Å². The molecule has 0 aromatic heterocycles. The molecule has 146 valence electrons. The van der Waals surface area contributed by atoms with E-state index >= 15 is 0 Å². The number of nitro groups is 1. The summed E-state index contributed by atoms with van der Waals surface area (Å²) in [5.74, 6) is -2.40. The first kappa shape index (κ1) is 20.6.